The molecule has 106 valence electrons. The quantitative estimate of drug-likeness (QED) is 0.516. The number of benzene rings is 2. The zero-order valence-electron chi connectivity index (χ0n) is 10.8. The summed E-state index contributed by atoms with van der Waals surface area (Å²) in [6.07, 6.45) is 1.73. The number of nitro benzene ring substituents is 1. The molecule has 1 heterocycles. The Morgan fingerprint density at radius 2 is 2.05 bits per heavy atom. The van der Waals surface area contributed by atoms with E-state index < -0.39 is 4.92 Å². The Bertz CT molecular complexity index is 845. The minimum atomic E-state index is -0.421. The minimum Gasteiger partial charge on any atom is -0.337 e. The summed E-state index contributed by atoms with van der Waals surface area (Å²) in [7, 11) is 0. The monoisotopic (exact) mass is 348 g/mol. The Labute approximate surface area is 128 Å². The smallest absolute Gasteiger partial charge is 0.293 e. The van der Waals surface area contributed by atoms with Crippen molar-refractivity contribution < 1.29 is 9.31 Å². The molecule has 0 N–H and O–H groups in total. The van der Waals surface area contributed by atoms with Crippen molar-refractivity contribution in [3.05, 3.63) is 74.6 Å². The van der Waals surface area contributed by atoms with E-state index in [0.717, 1.165) is 9.86 Å². The molecule has 0 aliphatic heterocycles. The van der Waals surface area contributed by atoms with E-state index in [1.807, 2.05) is 0 Å². The summed E-state index contributed by atoms with van der Waals surface area (Å²) < 4.78 is 16.3. The molecule has 0 unspecified atom stereocenters. The van der Waals surface area contributed by atoms with Crippen molar-refractivity contribution >= 4 is 32.5 Å². The topological polar surface area (TPSA) is 48.1 Å². The van der Waals surface area contributed by atoms with Gasteiger partial charge in [0.2, 0.25) is 0 Å². The van der Waals surface area contributed by atoms with Gasteiger partial charge >= 0.3 is 0 Å². The first-order valence-electron chi connectivity index (χ1n) is 6.22. The molecule has 6 heteroatoms. The first-order valence-corrected chi connectivity index (χ1v) is 7.02. The summed E-state index contributed by atoms with van der Waals surface area (Å²) in [5, 5.41) is 11.9. The summed E-state index contributed by atoms with van der Waals surface area (Å²) in [6.45, 7) is 0.236. The summed E-state index contributed by atoms with van der Waals surface area (Å²) in [6, 6.07) is 11.4. The van der Waals surface area contributed by atoms with Gasteiger partial charge in [-0.3, -0.25) is 10.1 Å². The SMILES string of the molecule is O=[N+]([O-])c1cccc2ccn(Cc3cc(Br)ccc3F)c12. The van der Waals surface area contributed by atoms with Crippen molar-refractivity contribution in [2.75, 3.05) is 0 Å². The number of fused-ring (bicyclic) bond motifs is 1. The van der Waals surface area contributed by atoms with Gasteiger partial charge in [-0.15, -0.1) is 0 Å². The van der Waals surface area contributed by atoms with Crippen LogP contribution in [0.4, 0.5) is 10.1 Å². The second-order valence-electron chi connectivity index (χ2n) is 4.65. The van der Waals surface area contributed by atoms with Crippen LogP contribution in [-0.4, -0.2) is 9.49 Å². The predicted octanol–water partition coefficient (Wildman–Crippen LogP) is 4.50. The van der Waals surface area contributed by atoms with Gasteiger partial charge in [-0.25, -0.2) is 4.39 Å². The number of halogens is 2. The van der Waals surface area contributed by atoms with Crippen molar-refractivity contribution in [1.29, 1.82) is 0 Å². The van der Waals surface area contributed by atoms with E-state index in [1.165, 1.54) is 12.1 Å². The molecule has 1 aromatic heterocycles. The Kier molecular flexibility index (Phi) is 3.47. The van der Waals surface area contributed by atoms with Gasteiger partial charge in [-0.05, 0) is 24.3 Å². The molecule has 0 aliphatic carbocycles. The highest BCUT2D eigenvalue weighted by Crippen LogP contribution is 2.27. The Morgan fingerprint density at radius 1 is 1.24 bits per heavy atom. The van der Waals surface area contributed by atoms with E-state index in [-0.39, 0.29) is 18.0 Å². The standard InChI is InChI=1S/C15H10BrFN2O2/c16-12-4-5-13(17)11(8-12)9-18-7-6-10-2-1-3-14(15(10)18)19(20)21/h1-8H,9H2. The highest BCUT2D eigenvalue weighted by Gasteiger charge is 2.16. The first kappa shape index (κ1) is 13.8. The first-order chi connectivity index (χ1) is 10.1. The highest BCUT2D eigenvalue weighted by molar-refractivity contribution is 9.10. The van der Waals surface area contributed by atoms with Crippen LogP contribution in [0.2, 0.25) is 0 Å². The van der Waals surface area contributed by atoms with Gasteiger partial charge in [0.1, 0.15) is 11.3 Å². The molecule has 2 aromatic carbocycles. The van der Waals surface area contributed by atoms with Gasteiger partial charge in [0.05, 0.1) is 11.5 Å². The maximum absolute atomic E-state index is 13.9. The lowest BCUT2D eigenvalue weighted by Gasteiger charge is -2.08. The van der Waals surface area contributed by atoms with Crippen LogP contribution < -0.4 is 0 Å². The number of para-hydroxylation sites is 1. The summed E-state index contributed by atoms with van der Waals surface area (Å²) in [4.78, 5) is 10.7. The Hall–Kier alpha value is -2.21. The van der Waals surface area contributed by atoms with E-state index in [9.17, 15) is 14.5 Å². The number of nitro groups is 1. The molecule has 0 atom stereocenters. The average molecular weight is 349 g/mol. The highest BCUT2D eigenvalue weighted by atomic mass is 79.9. The molecule has 0 saturated carbocycles. The number of non-ortho nitro benzene ring substituents is 1. The van der Waals surface area contributed by atoms with Crippen LogP contribution in [0.15, 0.2) is 53.1 Å². The van der Waals surface area contributed by atoms with Crippen molar-refractivity contribution in [3.8, 4) is 0 Å². The fourth-order valence-corrected chi connectivity index (χ4v) is 2.78. The molecule has 4 nitrogen and oxygen atoms in total. The Balaban J connectivity index is 2.13. The number of aromatic nitrogens is 1. The lowest BCUT2D eigenvalue weighted by molar-refractivity contribution is -0.383. The summed E-state index contributed by atoms with van der Waals surface area (Å²) in [5.74, 6) is -0.335. The third kappa shape index (κ3) is 2.54. The maximum Gasteiger partial charge on any atom is 0.293 e. The fourth-order valence-electron chi connectivity index (χ4n) is 2.37. The summed E-state index contributed by atoms with van der Waals surface area (Å²) in [5.41, 5.74) is 0.995. The van der Waals surface area contributed by atoms with Crippen molar-refractivity contribution in [1.82, 2.24) is 4.57 Å². The summed E-state index contributed by atoms with van der Waals surface area (Å²) >= 11 is 3.30. The molecule has 0 radical (unpaired) electrons. The number of hydrogen-bond acceptors (Lipinski definition) is 2. The lowest BCUT2D eigenvalue weighted by atomic mass is 10.2. The van der Waals surface area contributed by atoms with Gasteiger partial charge in [0.15, 0.2) is 0 Å². The van der Waals surface area contributed by atoms with Gasteiger partial charge < -0.3 is 4.57 Å². The van der Waals surface area contributed by atoms with Crippen LogP contribution in [0.5, 0.6) is 0 Å². The second-order valence-corrected chi connectivity index (χ2v) is 5.57. The van der Waals surface area contributed by atoms with Gasteiger partial charge in [0, 0.05) is 27.7 Å². The molecule has 3 rings (SSSR count). The lowest BCUT2D eigenvalue weighted by Crippen LogP contribution is -2.02. The van der Waals surface area contributed by atoms with Crippen LogP contribution >= 0.6 is 15.9 Å². The van der Waals surface area contributed by atoms with E-state index >= 15 is 0 Å². The molecule has 0 aliphatic rings. The number of hydrogen-bond donors (Lipinski definition) is 0. The average Bonchev–Trinajstić information content (AvgIpc) is 2.86. The molecule has 0 spiro atoms. The van der Waals surface area contributed by atoms with E-state index in [4.69, 9.17) is 0 Å². The molecule has 0 fully saturated rings. The zero-order valence-corrected chi connectivity index (χ0v) is 12.4. The van der Waals surface area contributed by atoms with Crippen molar-refractivity contribution in [3.63, 3.8) is 0 Å². The molecule has 0 amide bonds. The molecule has 21 heavy (non-hydrogen) atoms. The number of nitrogens with zero attached hydrogens (tertiary/aromatic N) is 2. The predicted molar refractivity (Wildman–Crippen MR) is 81.8 cm³/mol. The molecule has 3 aromatic rings. The van der Waals surface area contributed by atoms with Gasteiger partial charge in [-0.1, -0.05) is 28.1 Å². The largest absolute Gasteiger partial charge is 0.337 e. The number of rotatable bonds is 3. The zero-order chi connectivity index (χ0) is 15.0. The Morgan fingerprint density at radius 3 is 2.81 bits per heavy atom. The fraction of sp³-hybridized carbons (Fsp3) is 0.0667. The van der Waals surface area contributed by atoms with E-state index in [0.29, 0.717) is 11.1 Å². The van der Waals surface area contributed by atoms with Gasteiger partial charge in [-0.2, -0.15) is 0 Å². The van der Waals surface area contributed by atoms with Crippen LogP contribution in [0.3, 0.4) is 0 Å². The maximum atomic E-state index is 13.9. The second kappa shape index (κ2) is 5.29. The van der Waals surface area contributed by atoms with Crippen LogP contribution in [0.1, 0.15) is 5.56 Å². The minimum absolute atomic E-state index is 0.0212. The van der Waals surface area contributed by atoms with Gasteiger partial charge in [0.25, 0.3) is 5.69 Å². The third-order valence-electron chi connectivity index (χ3n) is 3.31. The van der Waals surface area contributed by atoms with E-state index in [2.05, 4.69) is 15.9 Å². The normalized spacial score (nSPS) is 11.0. The van der Waals surface area contributed by atoms with Crippen LogP contribution in [0, 0.1) is 15.9 Å². The van der Waals surface area contributed by atoms with Crippen LogP contribution in [-0.2, 0) is 6.54 Å². The third-order valence-corrected chi connectivity index (χ3v) is 3.81. The van der Waals surface area contributed by atoms with Crippen LogP contribution in [0.25, 0.3) is 10.9 Å². The van der Waals surface area contributed by atoms with Crippen molar-refractivity contribution in [2.24, 2.45) is 0 Å². The molecule has 0 bridgehead atoms. The molecular weight excluding hydrogens is 339 g/mol. The van der Waals surface area contributed by atoms with Crippen molar-refractivity contribution in [2.45, 2.75) is 6.54 Å². The molecular formula is C15H10BrFN2O2. The van der Waals surface area contributed by atoms with E-state index in [1.54, 1.807) is 41.1 Å². The molecule has 0 saturated heterocycles.